The van der Waals surface area contributed by atoms with Crippen molar-refractivity contribution in [2.45, 2.75) is 45.6 Å². The Labute approximate surface area is 144 Å². The van der Waals surface area contributed by atoms with E-state index in [-0.39, 0.29) is 5.56 Å². The second-order valence-electron chi connectivity index (χ2n) is 9.21. The minimum absolute atomic E-state index is 0.188. The molecular weight excluding hydrogens is 296 g/mol. The molecule has 6 rings (SSSR count). The van der Waals surface area contributed by atoms with E-state index < -0.39 is 0 Å². The van der Waals surface area contributed by atoms with Gasteiger partial charge in [-0.2, -0.15) is 0 Å². The van der Waals surface area contributed by atoms with Crippen LogP contribution < -0.4 is 5.56 Å². The molecule has 3 nitrogen and oxygen atoms in total. The zero-order valence-electron chi connectivity index (χ0n) is 14.9. The third-order valence-electron chi connectivity index (χ3n) is 7.54. The van der Waals surface area contributed by atoms with E-state index in [4.69, 9.17) is 0 Å². The lowest BCUT2D eigenvalue weighted by atomic mass is 9.49. The lowest BCUT2D eigenvalue weighted by molar-refractivity contribution is -0.0127. The molecule has 5 aliphatic rings. The minimum Gasteiger partial charge on any atom is -0.312 e. The quantitative estimate of drug-likeness (QED) is 0.780. The van der Waals surface area contributed by atoms with Gasteiger partial charge in [0, 0.05) is 43.9 Å². The Bertz CT molecular complexity index is 759. The van der Waals surface area contributed by atoms with Crippen molar-refractivity contribution in [2.75, 3.05) is 19.6 Å². The zero-order valence-corrected chi connectivity index (χ0v) is 14.9. The largest absolute Gasteiger partial charge is 0.312 e. The van der Waals surface area contributed by atoms with Crippen LogP contribution in [0.4, 0.5) is 0 Å². The SMILES string of the molecule is CC1(C)[C@@H]2CC=C(CN3C[C@@H]4C[C@@H](C3)c3cccc(=O)n3C4)[C@H]1C2. The molecule has 1 saturated heterocycles. The summed E-state index contributed by atoms with van der Waals surface area (Å²) in [6, 6.07) is 5.82. The number of allylic oxidation sites excluding steroid dienone is 1. The van der Waals surface area contributed by atoms with Crippen LogP contribution in [-0.2, 0) is 6.54 Å². The van der Waals surface area contributed by atoms with Crippen LogP contribution in [0.3, 0.4) is 0 Å². The Morgan fingerprint density at radius 2 is 2.04 bits per heavy atom. The highest BCUT2D eigenvalue weighted by Gasteiger charge is 2.51. The second kappa shape index (κ2) is 5.08. The van der Waals surface area contributed by atoms with E-state index in [1.807, 2.05) is 10.6 Å². The molecule has 3 heterocycles. The highest BCUT2D eigenvalue weighted by atomic mass is 16.1. The number of nitrogens with zero attached hydrogens (tertiary/aromatic N) is 2. The van der Waals surface area contributed by atoms with E-state index in [0.717, 1.165) is 38.0 Å². The maximum absolute atomic E-state index is 12.2. The normalized spacial score (nSPS) is 36.5. The average molecular weight is 324 g/mol. The van der Waals surface area contributed by atoms with Gasteiger partial charge >= 0.3 is 0 Å². The monoisotopic (exact) mass is 324 g/mol. The van der Waals surface area contributed by atoms with Gasteiger partial charge in [0.1, 0.15) is 0 Å². The smallest absolute Gasteiger partial charge is 0.250 e. The molecule has 1 aromatic rings. The Morgan fingerprint density at radius 3 is 2.83 bits per heavy atom. The van der Waals surface area contributed by atoms with Crippen molar-refractivity contribution in [1.29, 1.82) is 0 Å². The van der Waals surface area contributed by atoms with E-state index in [2.05, 4.69) is 30.9 Å². The molecule has 2 aliphatic heterocycles. The third-order valence-corrected chi connectivity index (χ3v) is 7.54. The number of rotatable bonds is 2. The van der Waals surface area contributed by atoms with Crippen molar-refractivity contribution >= 4 is 0 Å². The number of likely N-dealkylation sites (tertiary alicyclic amines) is 1. The van der Waals surface area contributed by atoms with Gasteiger partial charge < -0.3 is 4.57 Å². The Kier molecular flexibility index (Phi) is 3.16. The van der Waals surface area contributed by atoms with Crippen LogP contribution in [0.5, 0.6) is 0 Å². The number of aromatic nitrogens is 1. The van der Waals surface area contributed by atoms with Crippen LogP contribution in [0.2, 0.25) is 0 Å². The highest BCUT2D eigenvalue weighted by Crippen LogP contribution is 2.59. The van der Waals surface area contributed by atoms with Crippen LogP contribution >= 0.6 is 0 Å². The molecule has 2 fully saturated rings. The highest BCUT2D eigenvalue weighted by molar-refractivity contribution is 5.25. The fourth-order valence-electron chi connectivity index (χ4n) is 6.04. The summed E-state index contributed by atoms with van der Waals surface area (Å²) >= 11 is 0. The summed E-state index contributed by atoms with van der Waals surface area (Å²) in [5.74, 6) is 2.92. The second-order valence-corrected chi connectivity index (χ2v) is 9.21. The van der Waals surface area contributed by atoms with Gasteiger partial charge in [-0.1, -0.05) is 31.6 Å². The standard InChI is InChI=1S/C21H28N2O/c1-21(2)17-7-6-15(18(21)9-17)12-22-10-14-8-16(13-22)19-4-3-5-20(24)23(19)11-14/h3-6,14,16-18H,7-13H2,1-2H3/t14-,16-,17+,18+/m0/s1. The van der Waals surface area contributed by atoms with E-state index >= 15 is 0 Å². The first kappa shape index (κ1) is 14.9. The van der Waals surface area contributed by atoms with Crippen molar-refractivity contribution in [3.8, 4) is 0 Å². The average Bonchev–Trinajstić information content (AvgIpc) is 2.56. The number of piperidine rings is 1. The van der Waals surface area contributed by atoms with E-state index in [0.29, 0.717) is 17.3 Å². The molecule has 0 radical (unpaired) electrons. The summed E-state index contributed by atoms with van der Waals surface area (Å²) in [7, 11) is 0. The van der Waals surface area contributed by atoms with E-state index in [1.54, 1.807) is 11.6 Å². The number of hydrogen-bond acceptors (Lipinski definition) is 2. The first-order valence-corrected chi connectivity index (χ1v) is 9.63. The molecule has 24 heavy (non-hydrogen) atoms. The minimum atomic E-state index is 0.188. The molecule has 0 unspecified atom stereocenters. The van der Waals surface area contributed by atoms with Crippen molar-refractivity contribution in [3.63, 3.8) is 0 Å². The first-order valence-electron chi connectivity index (χ1n) is 9.63. The summed E-state index contributed by atoms with van der Waals surface area (Å²) in [5.41, 5.74) is 3.68. The molecule has 0 amide bonds. The van der Waals surface area contributed by atoms with Gasteiger partial charge in [-0.15, -0.1) is 0 Å². The molecule has 4 atom stereocenters. The topological polar surface area (TPSA) is 25.2 Å². The predicted molar refractivity (Wildman–Crippen MR) is 96.1 cm³/mol. The van der Waals surface area contributed by atoms with E-state index in [9.17, 15) is 4.79 Å². The van der Waals surface area contributed by atoms with Crippen molar-refractivity contribution in [2.24, 2.45) is 23.2 Å². The predicted octanol–water partition coefficient (Wildman–Crippen LogP) is 3.26. The van der Waals surface area contributed by atoms with Crippen molar-refractivity contribution < 1.29 is 0 Å². The lowest BCUT2D eigenvalue weighted by Crippen LogP contribution is -2.52. The molecule has 3 heteroatoms. The molecular formula is C21H28N2O. The van der Waals surface area contributed by atoms with Crippen LogP contribution in [0.1, 0.15) is 44.7 Å². The van der Waals surface area contributed by atoms with Crippen LogP contribution in [0.25, 0.3) is 0 Å². The summed E-state index contributed by atoms with van der Waals surface area (Å²) < 4.78 is 2.04. The molecule has 3 aliphatic carbocycles. The Balaban J connectivity index is 1.36. The molecule has 0 N–H and O–H groups in total. The van der Waals surface area contributed by atoms with Gasteiger partial charge in [0.2, 0.25) is 0 Å². The number of pyridine rings is 1. The fourth-order valence-corrected chi connectivity index (χ4v) is 6.04. The van der Waals surface area contributed by atoms with Gasteiger partial charge in [0.05, 0.1) is 0 Å². The van der Waals surface area contributed by atoms with Crippen molar-refractivity contribution in [1.82, 2.24) is 9.47 Å². The van der Waals surface area contributed by atoms with Gasteiger partial charge in [-0.25, -0.2) is 0 Å². The van der Waals surface area contributed by atoms with Crippen LogP contribution in [-0.4, -0.2) is 29.1 Å². The molecule has 128 valence electrons. The number of hydrogen-bond donors (Lipinski definition) is 0. The van der Waals surface area contributed by atoms with Crippen LogP contribution in [0.15, 0.2) is 34.6 Å². The van der Waals surface area contributed by atoms with Gasteiger partial charge in [-0.05, 0) is 48.5 Å². The molecule has 0 aromatic carbocycles. The maximum Gasteiger partial charge on any atom is 0.250 e. The zero-order chi connectivity index (χ0) is 16.5. The first-order chi connectivity index (χ1) is 11.5. The maximum atomic E-state index is 12.2. The van der Waals surface area contributed by atoms with Gasteiger partial charge in [0.25, 0.3) is 5.56 Å². The summed E-state index contributed by atoms with van der Waals surface area (Å²) in [5, 5.41) is 0. The van der Waals surface area contributed by atoms with Crippen molar-refractivity contribution in [3.05, 3.63) is 45.9 Å². The third kappa shape index (κ3) is 2.10. The summed E-state index contributed by atoms with van der Waals surface area (Å²) in [4.78, 5) is 14.8. The molecule has 1 saturated carbocycles. The van der Waals surface area contributed by atoms with Gasteiger partial charge in [-0.3, -0.25) is 9.69 Å². The Morgan fingerprint density at radius 1 is 1.17 bits per heavy atom. The van der Waals surface area contributed by atoms with E-state index in [1.165, 1.54) is 25.0 Å². The molecule has 0 spiro atoms. The fraction of sp³-hybridized carbons (Fsp3) is 0.667. The summed E-state index contributed by atoms with van der Waals surface area (Å²) in [6.07, 6.45) is 6.51. The lowest BCUT2D eigenvalue weighted by Gasteiger charge is -2.57. The Hall–Kier alpha value is -1.35. The summed E-state index contributed by atoms with van der Waals surface area (Å²) in [6.45, 7) is 9.28. The van der Waals surface area contributed by atoms with Crippen LogP contribution in [0, 0.1) is 23.2 Å². The molecule has 1 aromatic heterocycles. The molecule has 4 bridgehead atoms. The number of fused-ring (bicyclic) bond motifs is 5. The van der Waals surface area contributed by atoms with Gasteiger partial charge in [0.15, 0.2) is 0 Å².